The molecule has 0 atom stereocenters. The second kappa shape index (κ2) is 6.44. The molecule has 0 unspecified atom stereocenters. The molecule has 1 saturated heterocycles. The van der Waals surface area contributed by atoms with Crippen molar-refractivity contribution in [1.82, 2.24) is 14.7 Å². The third-order valence-electron chi connectivity index (χ3n) is 3.07. The summed E-state index contributed by atoms with van der Waals surface area (Å²) in [5.74, 6) is -0.804. The fraction of sp³-hybridized carbons (Fsp3) is 0.636. The standard InChI is InChI=1S/C11H16N4O5/c1-19-11(16)10-9(15(17)18)8-14(12-10)3-2-13-4-6-20-7-5-13/h8H,2-7H2,1H3. The molecule has 2 rings (SSSR count). The molecule has 0 aliphatic carbocycles. The van der Waals surface area contributed by atoms with E-state index in [4.69, 9.17) is 4.74 Å². The maximum absolute atomic E-state index is 11.4. The van der Waals surface area contributed by atoms with Crippen LogP contribution in [0.4, 0.5) is 5.69 Å². The van der Waals surface area contributed by atoms with E-state index in [2.05, 4.69) is 14.7 Å². The van der Waals surface area contributed by atoms with Crippen molar-refractivity contribution in [2.45, 2.75) is 6.54 Å². The summed E-state index contributed by atoms with van der Waals surface area (Å²) in [5.41, 5.74) is -0.599. The maximum Gasteiger partial charge on any atom is 0.365 e. The lowest BCUT2D eigenvalue weighted by molar-refractivity contribution is -0.385. The van der Waals surface area contributed by atoms with Crippen molar-refractivity contribution in [1.29, 1.82) is 0 Å². The largest absolute Gasteiger partial charge is 0.464 e. The third kappa shape index (κ3) is 3.31. The number of morpholine rings is 1. The van der Waals surface area contributed by atoms with Crippen LogP contribution in [0.3, 0.4) is 0 Å². The fourth-order valence-electron chi connectivity index (χ4n) is 1.97. The first-order valence-corrected chi connectivity index (χ1v) is 6.22. The van der Waals surface area contributed by atoms with Gasteiger partial charge >= 0.3 is 11.7 Å². The highest BCUT2D eigenvalue weighted by molar-refractivity contribution is 5.91. The van der Waals surface area contributed by atoms with Gasteiger partial charge in [-0.2, -0.15) is 5.10 Å². The number of hydrogen-bond donors (Lipinski definition) is 0. The van der Waals surface area contributed by atoms with E-state index in [0.29, 0.717) is 26.3 Å². The van der Waals surface area contributed by atoms with E-state index in [0.717, 1.165) is 13.1 Å². The summed E-state index contributed by atoms with van der Waals surface area (Å²) in [6, 6.07) is 0. The zero-order valence-electron chi connectivity index (χ0n) is 11.2. The summed E-state index contributed by atoms with van der Waals surface area (Å²) in [5, 5.41) is 14.8. The van der Waals surface area contributed by atoms with E-state index >= 15 is 0 Å². The van der Waals surface area contributed by atoms with Crippen LogP contribution in [0.1, 0.15) is 10.5 Å². The van der Waals surface area contributed by atoms with Crippen LogP contribution in [0.5, 0.6) is 0 Å². The molecule has 2 heterocycles. The van der Waals surface area contributed by atoms with Gasteiger partial charge in [0.2, 0.25) is 5.69 Å². The minimum Gasteiger partial charge on any atom is -0.464 e. The average Bonchev–Trinajstić information content (AvgIpc) is 2.90. The Morgan fingerprint density at radius 2 is 2.20 bits per heavy atom. The molecule has 9 nitrogen and oxygen atoms in total. The molecule has 110 valence electrons. The molecular weight excluding hydrogens is 268 g/mol. The third-order valence-corrected chi connectivity index (χ3v) is 3.07. The van der Waals surface area contributed by atoms with Crippen LogP contribution >= 0.6 is 0 Å². The monoisotopic (exact) mass is 284 g/mol. The lowest BCUT2D eigenvalue weighted by Crippen LogP contribution is -2.38. The molecule has 0 bridgehead atoms. The maximum atomic E-state index is 11.4. The van der Waals surface area contributed by atoms with Gasteiger partial charge in [0.25, 0.3) is 0 Å². The lowest BCUT2D eigenvalue weighted by Gasteiger charge is -2.26. The summed E-state index contributed by atoms with van der Waals surface area (Å²) in [4.78, 5) is 23.8. The van der Waals surface area contributed by atoms with Gasteiger partial charge in [-0.05, 0) is 0 Å². The molecule has 1 aliphatic heterocycles. The van der Waals surface area contributed by atoms with E-state index in [1.54, 1.807) is 0 Å². The molecule has 0 amide bonds. The van der Waals surface area contributed by atoms with Crippen molar-refractivity contribution < 1.29 is 19.2 Å². The first-order valence-electron chi connectivity index (χ1n) is 6.22. The number of carbonyl (C=O) groups excluding carboxylic acids is 1. The molecule has 0 N–H and O–H groups in total. The first-order chi connectivity index (χ1) is 9.61. The normalized spacial score (nSPS) is 16.1. The minimum atomic E-state index is -0.804. The van der Waals surface area contributed by atoms with E-state index in [9.17, 15) is 14.9 Å². The molecule has 20 heavy (non-hydrogen) atoms. The summed E-state index contributed by atoms with van der Waals surface area (Å²) >= 11 is 0. The summed E-state index contributed by atoms with van der Waals surface area (Å²) in [7, 11) is 1.17. The van der Waals surface area contributed by atoms with Gasteiger partial charge in [0, 0.05) is 19.6 Å². The number of nitrogens with zero attached hydrogens (tertiary/aromatic N) is 4. The highest BCUT2D eigenvalue weighted by atomic mass is 16.6. The van der Waals surface area contributed by atoms with E-state index in [1.807, 2.05) is 0 Å². The average molecular weight is 284 g/mol. The lowest BCUT2D eigenvalue weighted by atomic mass is 10.4. The second-order valence-corrected chi connectivity index (χ2v) is 4.33. The predicted octanol–water partition coefficient (Wildman–Crippen LogP) is -0.0899. The SMILES string of the molecule is COC(=O)c1nn(CCN2CCOCC2)cc1[N+](=O)[O-]. The van der Waals surface area contributed by atoms with Crippen LogP contribution in [-0.2, 0) is 16.0 Å². The Morgan fingerprint density at radius 1 is 1.50 bits per heavy atom. The Morgan fingerprint density at radius 3 is 2.80 bits per heavy atom. The molecule has 1 aliphatic rings. The van der Waals surface area contributed by atoms with Gasteiger partial charge in [0.05, 0.1) is 31.8 Å². The van der Waals surface area contributed by atoms with E-state index in [-0.39, 0.29) is 11.4 Å². The van der Waals surface area contributed by atoms with Crippen LogP contribution in [0.25, 0.3) is 0 Å². The smallest absolute Gasteiger partial charge is 0.365 e. The summed E-state index contributed by atoms with van der Waals surface area (Å²) < 4.78 is 11.1. The van der Waals surface area contributed by atoms with E-state index < -0.39 is 10.9 Å². The van der Waals surface area contributed by atoms with Crippen LogP contribution in [-0.4, -0.2) is 65.5 Å². The molecular formula is C11H16N4O5. The number of hydrogen-bond acceptors (Lipinski definition) is 7. The Kier molecular flexibility index (Phi) is 4.64. The zero-order chi connectivity index (χ0) is 14.5. The van der Waals surface area contributed by atoms with Crippen LogP contribution in [0.15, 0.2) is 6.20 Å². The van der Waals surface area contributed by atoms with Crippen LogP contribution in [0, 0.1) is 10.1 Å². The topological polar surface area (TPSA) is 99.7 Å². The van der Waals surface area contributed by atoms with Crippen molar-refractivity contribution in [3.05, 3.63) is 22.0 Å². The van der Waals surface area contributed by atoms with Gasteiger partial charge in [-0.15, -0.1) is 0 Å². The summed E-state index contributed by atoms with van der Waals surface area (Å²) in [6.07, 6.45) is 1.26. The van der Waals surface area contributed by atoms with Crippen LogP contribution < -0.4 is 0 Å². The van der Waals surface area contributed by atoms with Gasteiger partial charge in [-0.3, -0.25) is 19.7 Å². The number of methoxy groups -OCH3 is 1. The Bertz CT molecular complexity index is 495. The predicted molar refractivity (Wildman–Crippen MR) is 67.5 cm³/mol. The molecule has 0 spiro atoms. The molecule has 0 aromatic carbocycles. The number of ether oxygens (including phenoxy) is 2. The number of esters is 1. The number of aromatic nitrogens is 2. The molecule has 1 fully saturated rings. The molecule has 9 heteroatoms. The highest BCUT2D eigenvalue weighted by Gasteiger charge is 2.26. The van der Waals surface area contributed by atoms with Gasteiger partial charge < -0.3 is 9.47 Å². The Balaban J connectivity index is 2.04. The van der Waals surface area contributed by atoms with Gasteiger partial charge in [-0.25, -0.2) is 4.79 Å². The fourth-order valence-corrected chi connectivity index (χ4v) is 1.97. The quantitative estimate of drug-likeness (QED) is 0.423. The highest BCUT2D eigenvalue weighted by Crippen LogP contribution is 2.17. The van der Waals surface area contributed by atoms with Crippen molar-refractivity contribution in [3.8, 4) is 0 Å². The molecule has 1 aromatic rings. The van der Waals surface area contributed by atoms with Crippen molar-refractivity contribution in [3.63, 3.8) is 0 Å². The van der Waals surface area contributed by atoms with E-state index in [1.165, 1.54) is 18.0 Å². The molecule has 0 saturated carbocycles. The molecule has 0 radical (unpaired) electrons. The first kappa shape index (κ1) is 14.4. The van der Waals surface area contributed by atoms with Crippen LogP contribution in [0.2, 0.25) is 0 Å². The minimum absolute atomic E-state index is 0.264. The second-order valence-electron chi connectivity index (χ2n) is 4.33. The van der Waals surface area contributed by atoms with Crippen molar-refractivity contribution in [2.75, 3.05) is 40.0 Å². The number of rotatable bonds is 5. The Labute approximate surface area is 115 Å². The number of carbonyl (C=O) groups is 1. The number of nitro groups is 1. The van der Waals surface area contributed by atoms with Gasteiger partial charge in [0.15, 0.2) is 0 Å². The van der Waals surface area contributed by atoms with Crippen molar-refractivity contribution >= 4 is 11.7 Å². The van der Waals surface area contributed by atoms with Gasteiger partial charge in [-0.1, -0.05) is 0 Å². The van der Waals surface area contributed by atoms with Gasteiger partial charge in [0.1, 0.15) is 6.20 Å². The van der Waals surface area contributed by atoms with Crippen molar-refractivity contribution in [2.24, 2.45) is 0 Å². The Hall–Kier alpha value is -2.00. The molecule has 1 aromatic heterocycles. The zero-order valence-corrected chi connectivity index (χ0v) is 11.2. The summed E-state index contributed by atoms with van der Waals surface area (Å²) in [6.45, 7) is 4.19.